The molecule has 18 heavy (non-hydrogen) atoms. The Kier molecular flexibility index (Phi) is 4.13. The Bertz CT molecular complexity index is 502. The van der Waals surface area contributed by atoms with Crippen molar-refractivity contribution in [1.29, 1.82) is 0 Å². The molecule has 0 saturated carbocycles. The first-order chi connectivity index (χ1) is 8.74. The molecule has 1 amide bonds. The Morgan fingerprint density at radius 1 is 0.944 bits per heavy atom. The van der Waals surface area contributed by atoms with E-state index in [0.29, 0.717) is 13.0 Å². The largest absolute Gasteiger partial charge is 0.352 e. The minimum atomic E-state index is 0.0581. The average molecular weight is 239 g/mol. The molecular weight excluding hydrogens is 222 g/mol. The van der Waals surface area contributed by atoms with Gasteiger partial charge in [0.05, 0.1) is 6.42 Å². The second-order valence-corrected chi connectivity index (χ2v) is 4.42. The van der Waals surface area contributed by atoms with Crippen molar-refractivity contribution in [2.75, 3.05) is 0 Å². The summed E-state index contributed by atoms with van der Waals surface area (Å²) in [4.78, 5) is 11.8. The molecule has 0 aliphatic heterocycles. The predicted molar refractivity (Wildman–Crippen MR) is 73.2 cm³/mol. The fourth-order valence-electron chi connectivity index (χ4n) is 1.75. The summed E-state index contributed by atoms with van der Waals surface area (Å²) in [6.45, 7) is 2.63. The van der Waals surface area contributed by atoms with Gasteiger partial charge >= 0.3 is 0 Å². The molecule has 0 atom stereocenters. The molecule has 0 saturated heterocycles. The lowest BCUT2D eigenvalue weighted by molar-refractivity contribution is -0.120. The summed E-state index contributed by atoms with van der Waals surface area (Å²) in [5, 5.41) is 2.92. The fraction of sp³-hybridized carbons (Fsp3) is 0.188. The topological polar surface area (TPSA) is 29.1 Å². The zero-order valence-electron chi connectivity index (χ0n) is 10.5. The Morgan fingerprint density at radius 3 is 2.28 bits per heavy atom. The van der Waals surface area contributed by atoms with E-state index in [9.17, 15) is 4.79 Å². The van der Waals surface area contributed by atoms with Gasteiger partial charge in [-0.3, -0.25) is 4.79 Å². The number of carbonyl (C=O) groups is 1. The third-order valence-electron chi connectivity index (χ3n) is 2.82. The number of aryl methyl sites for hydroxylation is 1. The zero-order chi connectivity index (χ0) is 12.8. The first kappa shape index (κ1) is 12.4. The maximum atomic E-state index is 11.8. The highest BCUT2D eigenvalue weighted by atomic mass is 16.1. The Morgan fingerprint density at radius 2 is 1.61 bits per heavy atom. The van der Waals surface area contributed by atoms with Crippen molar-refractivity contribution in [1.82, 2.24) is 5.32 Å². The number of hydrogen-bond donors (Lipinski definition) is 1. The summed E-state index contributed by atoms with van der Waals surface area (Å²) in [5.41, 5.74) is 3.38. The summed E-state index contributed by atoms with van der Waals surface area (Å²) < 4.78 is 0. The molecule has 0 aliphatic rings. The van der Waals surface area contributed by atoms with Crippen molar-refractivity contribution in [2.24, 2.45) is 0 Å². The van der Waals surface area contributed by atoms with Crippen LogP contribution in [0.1, 0.15) is 16.7 Å². The lowest BCUT2D eigenvalue weighted by Gasteiger charge is -2.05. The van der Waals surface area contributed by atoms with Crippen LogP contribution in [0.3, 0.4) is 0 Å². The SMILES string of the molecule is Cc1ccc(CC(=O)NCc2ccccc2)cc1. The average Bonchev–Trinajstić information content (AvgIpc) is 2.40. The van der Waals surface area contributed by atoms with Gasteiger partial charge in [0.15, 0.2) is 0 Å². The Balaban J connectivity index is 1.84. The second-order valence-electron chi connectivity index (χ2n) is 4.42. The van der Waals surface area contributed by atoms with Crippen LogP contribution >= 0.6 is 0 Å². The monoisotopic (exact) mass is 239 g/mol. The van der Waals surface area contributed by atoms with E-state index in [1.807, 2.05) is 61.5 Å². The smallest absolute Gasteiger partial charge is 0.224 e. The maximum Gasteiger partial charge on any atom is 0.224 e. The fourth-order valence-corrected chi connectivity index (χ4v) is 1.75. The van der Waals surface area contributed by atoms with Crippen molar-refractivity contribution in [3.05, 3.63) is 71.3 Å². The highest BCUT2D eigenvalue weighted by Crippen LogP contribution is 2.04. The molecule has 0 unspecified atom stereocenters. The molecule has 0 radical (unpaired) electrons. The van der Waals surface area contributed by atoms with Gasteiger partial charge in [-0.1, -0.05) is 60.2 Å². The minimum Gasteiger partial charge on any atom is -0.352 e. The molecular formula is C16H17NO. The van der Waals surface area contributed by atoms with Crippen LogP contribution in [0.25, 0.3) is 0 Å². The summed E-state index contributed by atoms with van der Waals surface area (Å²) >= 11 is 0. The van der Waals surface area contributed by atoms with E-state index in [-0.39, 0.29) is 5.91 Å². The Hall–Kier alpha value is -2.09. The molecule has 1 N–H and O–H groups in total. The predicted octanol–water partition coefficient (Wildman–Crippen LogP) is 2.85. The van der Waals surface area contributed by atoms with Crippen molar-refractivity contribution < 1.29 is 4.79 Å². The van der Waals surface area contributed by atoms with Gasteiger partial charge in [0.1, 0.15) is 0 Å². The van der Waals surface area contributed by atoms with Gasteiger partial charge in [-0.2, -0.15) is 0 Å². The summed E-state index contributed by atoms with van der Waals surface area (Å²) in [5.74, 6) is 0.0581. The molecule has 0 fully saturated rings. The molecule has 0 aliphatic carbocycles. The van der Waals surface area contributed by atoms with E-state index in [1.54, 1.807) is 0 Å². The van der Waals surface area contributed by atoms with E-state index < -0.39 is 0 Å². The second kappa shape index (κ2) is 6.01. The maximum absolute atomic E-state index is 11.8. The highest BCUT2D eigenvalue weighted by Gasteiger charge is 2.02. The van der Waals surface area contributed by atoms with Gasteiger partial charge in [-0.05, 0) is 18.1 Å². The first-order valence-electron chi connectivity index (χ1n) is 6.10. The van der Waals surface area contributed by atoms with E-state index in [4.69, 9.17) is 0 Å². The molecule has 2 nitrogen and oxygen atoms in total. The lowest BCUT2D eigenvalue weighted by atomic mass is 10.1. The van der Waals surface area contributed by atoms with Crippen LogP contribution in [0, 0.1) is 6.92 Å². The van der Waals surface area contributed by atoms with E-state index in [1.165, 1.54) is 5.56 Å². The third kappa shape index (κ3) is 3.74. The van der Waals surface area contributed by atoms with Gasteiger partial charge < -0.3 is 5.32 Å². The zero-order valence-corrected chi connectivity index (χ0v) is 10.5. The van der Waals surface area contributed by atoms with Gasteiger partial charge in [-0.25, -0.2) is 0 Å². The lowest BCUT2D eigenvalue weighted by Crippen LogP contribution is -2.24. The van der Waals surface area contributed by atoms with E-state index in [0.717, 1.165) is 11.1 Å². The van der Waals surface area contributed by atoms with Crippen molar-refractivity contribution in [2.45, 2.75) is 19.9 Å². The first-order valence-corrected chi connectivity index (χ1v) is 6.10. The third-order valence-corrected chi connectivity index (χ3v) is 2.82. The highest BCUT2D eigenvalue weighted by molar-refractivity contribution is 5.78. The molecule has 2 rings (SSSR count). The summed E-state index contributed by atoms with van der Waals surface area (Å²) in [6, 6.07) is 18.0. The normalized spacial score (nSPS) is 10.1. The van der Waals surface area contributed by atoms with Crippen molar-refractivity contribution in [3.63, 3.8) is 0 Å². The summed E-state index contributed by atoms with van der Waals surface area (Å²) in [6.07, 6.45) is 0.438. The number of amides is 1. The van der Waals surface area contributed by atoms with Gasteiger partial charge in [-0.15, -0.1) is 0 Å². The van der Waals surface area contributed by atoms with E-state index >= 15 is 0 Å². The van der Waals surface area contributed by atoms with Crippen LogP contribution in [-0.4, -0.2) is 5.91 Å². The Labute approximate surface area is 108 Å². The molecule has 2 aromatic rings. The van der Waals surface area contributed by atoms with Crippen LogP contribution in [0.2, 0.25) is 0 Å². The number of carbonyl (C=O) groups excluding carboxylic acids is 1. The van der Waals surface area contributed by atoms with Gasteiger partial charge in [0.25, 0.3) is 0 Å². The minimum absolute atomic E-state index is 0.0581. The molecule has 0 aromatic heterocycles. The van der Waals surface area contributed by atoms with Crippen molar-refractivity contribution >= 4 is 5.91 Å². The van der Waals surface area contributed by atoms with Crippen LogP contribution < -0.4 is 5.32 Å². The number of benzene rings is 2. The number of rotatable bonds is 4. The molecule has 0 bridgehead atoms. The summed E-state index contributed by atoms with van der Waals surface area (Å²) in [7, 11) is 0. The quantitative estimate of drug-likeness (QED) is 0.873. The molecule has 2 aromatic carbocycles. The van der Waals surface area contributed by atoms with Crippen LogP contribution in [0.15, 0.2) is 54.6 Å². The number of nitrogens with one attached hydrogen (secondary N) is 1. The van der Waals surface area contributed by atoms with Gasteiger partial charge in [0.2, 0.25) is 5.91 Å². The van der Waals surface area contributed by atoms with Gasteiger partial charge in [0, 0.05) is 6.54 Å². The molecule has 0 heterocycles. The molecule has 2 heteroatoms. The van der Waals surface area contributed by atoms with E-state index in [2.05, 4.69) is 5.32 Å². The number of hydrogen-bond acceptors (Lipinski definition) is 1. The van der Waals surface area contributed by atoms with Crippen LogP contribution in [-0.2, 0) is 17.8 Å². The molecule has 0 spiro atoms. The van der Waals surface area contributed by atoms with Crippen LogP contribution in [0.4, 0.5) is 0 Å². The van der Waals surface area contributed by atoms with Crippen LogP contribution in [0.5, 0.6) is 0 Å². The standard InChI is InChI=1S/C16H17NO/c1-13-7-9-14(10-8-13)11-16(18)17-12-15-5-3-2-4-6-15/h2-10H,11-12H2,1H3,(H,17,18). The molecule has 92 valence electrons. The van der Waals surface area contributed by atoms with Crippen molar-refractivity contribution in [3.8, 4) is 0 Å².